The fraction of sp³-hybridized carbons (Fsp3) is 0.769. The summed E-state index contributed by atoms with van der Waals surface area (Å²) in [6, 6.07) is 0. The van der Waals surface area contributed by atoms with Crippen molar-refractivity contribution in [1.82, 2.24) is 0 Å². The number of aliphatic hydroxyl groups is 3. The van der Waals surface area contributed by atoms with Gasteiger partial charge in [-0.15, -0.1) is 0 Å². The third kappa shape index (κ3) is 3.08. The molecule has 0 aromatic rings. The summed E-state index contributed by atoms with van der Waals surface area (Å²) in [4.78, 5) is 52.3. The van der Waals surface area contributed by atoms with Crippen molar-refractivity contribution in [3.8, 4) is 0 Å². The average Bonchev–Trinajstić information content (AvgIpc) is 3.13. The Labute approximate surface area is 214 Å². The maximum atomic E-state index is 13.4. The highest BCUT2D eigenvalue weighted by Gasteiger charge is 2.85. The molecule has 1 spiro atoms. The van der Waals surface area contributed by atoms with Gasteiger partial charge < -0.3 is 34.3 Å². The lowest BCUT2D eigenvalue weighted by molar-refractivity contribution is -0.298. The summed E-state index contributed by atoms with van der Waals surface area (Å²) in [6.45, 7) is 6.74. The number of hydrogen-bond acceptors (Lipinski definition) is 11. The molecule has 4 fully saturated rings. The fourth-order valence-electron chi connectivity index (χ4n) is 8.34. The Balaban J connectivity index is 1.73. The number of allylic oxidation sites excluding steroid dienone is 1. The van der Waals surface area contributed by atoms with Gasteiger partial charge in [-0.1, -0.05) is 26.3 Å². The molecule has 11 nitrogen and oxygen atoms in total. The van der Waals surface area contributed by atoms with Gasteiger partial charge in [0.1, 0.15) is 18.3 Å². The Hall–Kier alpha value is -2.34. The molecule has 0 aromatic carbocycles. The van der Waals surface area contributed by atoms with Gasteiger partial charge in [-0.3, -0.25) is 9.59 Å². The first-order valence-electron chi connectivity index (χ1n) is 12.7. The smallest absolute Gasteiger partial charge is 0.348 e. The van der Waals surface area contributed by atoms with Crippen molar-refractivity contribution in [2.45, 2.75) is 76.7 Å². The van der Waals surface area contributed by atoms with Gasteiger partial charge in [-0.2, -0.15) is 0 Å². The minimum atomic E-state index is -2.23. The molecule has 0 unspecified atom stereocenters. The standard InChI is InChI=1S/C26H34O11/c1-10(2)6-15(28)37-17-19-25-9-35-26(19,23(33)34-5)21(31)16(29)18(25)24(4)12(8-14(25)36-22(17)32)11(3)7-13(27)20(24)30/h7,10,12,14,16-21,29-31H,6,8-9H2,1-5H3/t12-,14+,16+,17+,18+,19+,20+,21-,24-,25+,26-/m0/s1. The maximum Gasteiger partial charge on any atom is 0.348 e. The van der Waals surface area contributed by atoms with E-state index in [-0.39, 0.29) is 25.4 Å². The van der Waals surface area contributed by atoms with Crippen molar-refractivity contribution >= 4 is 23.7 Å². The van der Waals surface area contributed by atoms with Gasteiger partial charge in [0.2, 0.25) is 11.7 Å². The lowest BCUT2D eigenvalue weighted by Crippen LogP contribution is -2.80. The number of rotatable bonds is 4. The van der Waals surface area contributed by atoms with E-state index in [1.807, 2.05) is 0 Å². The molecular weight excluding hydrogens is 488 g/mol. The molecule has 2 aliphatic heterocycles. The van der Waals surface area contributed by atoms with Crippen molar-refractivity contribution in [3.05, 3.63) is 11.6 Å². The molecule has 0 aromatic heterocycles. The summed E-state index contributed by atoms with van der Waals surface area (Å²) in [6.07, 6.45) is -6.13. The summed E-state index contributed by atoms with van der Waals surface area (Å²) < 4.78 is 22.5. The fourth-order valence-corrected chi connectivity index (χ4v) is 8.34. The van der Waals surface area contributed by atoms with Crippen LogP contribution in [0.4, 0.5) is 0 Å². The summed E-state index contributed by atoms with van der Waals surface area (Å²) in [5.74, 6) is -6.07. The Morgan fingerprint density at radius 1 is 1.19 bits per heavy atom. The second-order valence-electron chi connectivity index (χ2n) is 11.9. The van der Waals surface area contributed by atoms with Gasteiger partial charge in [0.15, 0.2) is 5.78 Å². The molecule has 5 aliphatic rings. The molecule has 37 heavy (non-hydrogen) atoms. The van der Waals surface area contributed by atoms with Crippen LogP contribution in [0.25, 0.3) is 0 Å². The van der Waals surface area contributed by atoms with E-state index in [2.05, 4.69) is 0 Å². The third-order valence-corrected chi connectivity index (χ3v) is 9.67. The number of carbonyl (C=O) groups is 4. The van der Waals surface area contributed by atoms with E-state index in [0.717, 1.165) is 7.11 Å². The van der Waals surface area contributed by atoms with Gasteiger partial charge in [0.25, 0.3) is 0 Å². The number of ether oxygens (including phenoxy) is 4. The lowest BCUT2D eigenvalue weighted by Gasteiger charge is -2.67. The van der Waals surface area contributed by atoms with Crippen molar-refractivity contribution in [3.63, 3.8) is 0 Å². The zero-order chi connectivity index (χ0) is 27.2. The molecule has 5 rings (SSSR count). The number of hydrogen-bond donors (Lipinski definition) is 3. The van der Waals surface area contributed by atoms with Crippen LogP contribution in [0.5, 0.6) is 0 Å². The molecule has 11 atom stereocenters. The molecule has 2 saturated carbocycles. The van der Waals surface area contributed by atoms with Gasteiger partial charge in [0.05, 0.1) is 25.7 Å². The Morgan fingerprint density at radius 3 is 2.49 bits per heavy atom. The third-order valence-electron chi connectivity index (χ3n) is 9.67. The number of ketones is 1. The first-order chi connectivity index (χ1) is 17.3. The van der Waals surface area contributed by atoms with Crippen LogP contribution < -0.4 is 0 Å². The summed E-state index contributed by atoms with van der Waals surface area (Å²) in [5.41, 5.74) is -4.26. The Bertz CT molecular complexity index is 1080. The van der Waals surface area contributed by atoms with Crippen LogP contribution in [0.2, 0.25) is 0 Å². The summed E-state index contributed by atoms with van der Waals surface area (Å²) in [5, 5.41) is 34.4. The van der Waals surface area contributed by atoms with E-state index in [4.69, 9.17) is 18.9 Å². The van der Waals surface area contributed by atoms with Crippen LogP contribution >= 0.6 is 0 Å². The minimum Gasteiger partial charge on any atom is -0.467 e. The van der Waals surface area contributed by atoms with E-state index in [1.54, 1.807) is 27.7 Å². The molecule has 2 bridgehead atoms. The largest absolute Gasteiger partial charge is 0.467 e. The highest BCUT2D eigenvalue weighted by molar-refractivity contribution is 5.96. The summed E-state index contributed by atoms with van der Waals surface area (Å²) >= 11 is 0. The van der Waals surface area contributed by atoms with Crippen molar-refractivity contribution in [1.29, 1.82) is 0 Å². The number of carbonyl (C=O) groups excluding carboxylic acids is 4. The van der Waals surface area contributed by atoms with Crippen molar-refractivity contribution in [2.24, 2.45) is 34.5 Å². The molecule has 0 radical (unpaired) electrons. The van der Waals surface area contributed by atoms with Gasteiger partial charge in [0, 0.05) is 23.2 Å². The highest BCUT2D eigenvalue weighted by Crippen LogP contribution is 2.72. The number of fused-ring (bicyclic) bond motifs is 2. The van der Waals surface area contributed by atoms with Crippen molar-refractivity contribution in [2.75, 3.05) is 13.7 Å². The van der Waals surface area contributed by atoms with Crippen LogP contribution in [-0.2, 0) is 38.1 Å². The van der Waals surface area contributed by atoms with Crippen LogP contribution in [-0.4, -0.2) is 88.8 Å². The van der Waals surface area contributed by atoms with Crippen molar-refractivity contribution < 1.29 is 53.4 Å². The number of methoxy groups -OCH3 is 1. The predicted octanol–water partition coefficient (Wildman–Crippen LogP) is -0.318. The molecule has 2 heterocycles. The Morgan fingerprint density at radius 2 is 1.86 bits per heavy atom. The molecule has 204 valence electrons. The van der Waals surface area contributed by atoms with Crippen LogP contribution in [0, 0.1) is 34.5 Å². The number of esters is 3. The lowest BCUT2D eigenvalue weighted by atomic mass is 9.38. The van der Waals surface area contributed by atoms with E-state index < -0.39 is 88.4 Å². The topological polar surface area (TPSA) is 166 Å². The zero-order valence-corrected chi connectivity index (χ0v) is 21.5. The molecule has 3 aliphatic carbocycles. The first kappa shape index (κ1) is 26.3. The molecule has 0 amide bonds. The second kappa shape index (κ2) is 8.33. The average molecular weight is 523 g/mol. The monoisotopic (exact) mass is 522 g/mol. The minimum absolute atomic E-state index is 0.00931. The first-order valence-corrected chi connectivity index (χ1v) is 12.7. The normalized spacial score (nSPS) is 48.0. The number of aliphatic hydroxyl groups excluding tert-OH is 3. The van der Waals surface area contributed by atoms with Crippen LogP contribution in [0.1, 0.15) is 40.5 Å². The van der Waals surface area contributed by atoms with Gasteiger partial charge >= 0.3 is 17.9 Å². The zero-order valence-electron chi connectivity index (χ0n) is 21.5. The maximum absolute atomic E-state index is 13.4. The summed E-state index contributed by atoms with van der Waals surface area (Å²) in [7, 11) is 1.09. The van der Waals surface area contributed by atoms with Crippen LogP contribution in [0.15, 0.2) is 11.6 Å². The second-order valence-corrected chi connectivity index (χ2v) is 11.9. The van der Waals surface area contributed by atoms with Gasteiger partial charge in [-0.25, -0.2) is 9.59 Å². The predicted molar refractivity (Wildman–Crippen MR) is 122 cm³/mol. The Kier molecular flexibility index (Phi) is 5.91. The SMILES string of the molecule is COC(=O)[C@@]12OC[C@]34[C@H]([C@@H](O)[C@@H]1O)[C@@]1(C)[C@H](O)C(=O)C=C(C)[C@@H]1C[C@H]3OC(=O)[C@H](OC(=O)CC(C)C)[C@@H]24. The quantitative estimate of drug-likeness (QED) is 0.327. The molecule has 2 saturated heterocycles. The van der Waals surface area contributed by atoms with E-state index in [9.17, 15) is 34.5 Å². The van der Waals surface area contributed by atoms with E-state index in [1.165, 1.54) is 6.08 Å². The van der Waals surface area contributed by atoms with E-state index in [0.29, 0.717) is 5.57 Å². The van der Waals surface area contributed by atoms with E-state index >= 15 is 0 Å². The molecule has 3 N–H and O–H groups in total. The highest BCUT2D eigenvalue weighted by atomic mass is 16.6. The molecular formula is C26H34O11. The molecule has 11 heteroatoms. The van der Waals surface area contributed by atoms with Crippen LogP contribution in [0.3, 0.4) is 0 Å². The van der Waals surface area contributed by atoms with Gasteiger partial charge in [-0.05, 0) is 31.3 Å².